The smallest absolute Gasteiger partial charge is 0.334 e. The number of epoxide rings is 1. The van der Waals surface area contributed by atoms with Crippen LogP contribution < -0.4 is 0 Å². The summed E-state index contributed by atoms with van der Waals surface area (Å²) in [6.45, 7) is 7.94. The van der Waals surface area contributed by atoms with Gasteiger partial charge in [0.1, 0.15) is 35.3 Å². The highest BCUT2D eigenvalue weighted by atomic mass is 16.6. The summed E-state index contributed by atoms with van der Waals surface area (Å²) in [7, 11) is 0. The third-order valence-corrected chi connectivity index (χ3v) is 12.6. The zero-order valence-electron chi connectivity index (χ0n) is 23.7. The van der Waals surface area contributed by atoms with Crippen LogP contribution in [0.5, 0.6) is 0 Å². The van der Waals surface area contributed by atoms with Crippen molar-refractivity contribution in [2.45, 2.75) is 127 Å². The Kier molecular flexibility index (Phi) is 5.71. The van der Waals surface area contributed by atoms with Crippen LogP contribution in [0, 0.1) is 22.7 Å². The van der Waals surface area contributed by atoms with Crippen LogP contribution in [0.3, 0.4) is 0 Å². The number of ether oxygens (including phenoxy) is 3. The Morgan fingerprint density at radius 1 is 1.13 bits per heavy atom. The van der Waals surface area contributed by atoms with E-state index in [0.717, 1.165) is 18.4 Å². The van der Waals surface area contributed by atoms with E-state index in [-0.39, 0.29) is 50.1 Å². The van der Waals surface area contributed by atoms with Crippen molar-refractivity contribution in [1.29, 1.82) is 0 Å². The molecule has 2 aliphatic heterocycles. The Morgan fingerprint density at radius 3 is 2.51 bits per heavy atom. The molecule has 0 radical (unpaired) electrons. The van der Waals surface area contributed by atoms with Crippen LogP contribution in [0.4, 0.5) is 0 Å². The minimum Gasteiger partial charge on any atom is -0.465 e. The van der Waals surface area contributed by atoms with Crippen molar-refractivity contribution in [3.63, 3.8) is 0 Å². The molecule has 0 aromatic heterocycles. The van der Waals surface area contributed by atoms with Gasteiger partial charge in [-0.3, -0.25) is 9.59 Å². The Morgan fingerprint density at radius 2 is 1.85 bits per heavy atom. The van der Waals surface area contributed by atoms with Gasteiger partial charge in [0.2, 0.25) is 0 Å². The fraction of sp³-hybridized carbons (Fsp3) is 0.833. The molecule has 9 nitrogen and oxygen atoms in total. The van der Waals surface area contributed by atoms with Gasteiger partial charge in [0.05, 0.1) is 22.5 Å². The van der Waals surface area contributed by atoms with Gasteiger partial charge in [-0.2, -0.15) is 0 Å². The molecule has 6 rings (SSSR count). The lowest BCUT2D eigenvalue weighted by Crippen LogP contribution is -2.75. The Hall–Kier alpha value is -1.81. The highest BCUT2D eigenvalue weighted by molar-refractivity contribution is 5.90. The maximum Gasteiger partial charge on any atom is 0.334 e. The van der Waals surface area contributed by atoms with Crippen molar-refractivity contribution in [1.82, 2.24) is 0 Å². The van der Waals surface area contributed by atoms with E-state index in [1.165, 1.54) is 13.8 Å². The average molecular weight is 547 g/mol. The molecule has 4 saturated carbocycles. The van der Waals surface area contributed by atoms with Crippen molar-refractivity contribution in [3.8, 4) is 0 Å². The van der Waals surface area contributed by atoms with Crippen molar-refractivity contribution < 1.29 is 43.9 Å². The summed E-state index contributed by atoms with van der Waals surface area (Å²) in [5, 5.41) is 37.6. The Bertz CT molecular complexity index is 1170. The maximum atomic E-state index is 13.5. The summed E-state index contributed by atoms with van der Waals surface area (Å²) in [4.78, 5) is 38.2. The number of fused-ring (bicyclic) bond motifs is 4. The summed E-state index contributed by atoms with van der Waals surface area (Å²) in [6, 6.07) is 0. The van der Waals surface area contributed by atoms with Crippen LogP contribution in [-0.4, -0.2) is 74.3 Å². The molecule has 0 aromatic rings. The van der Waals surface area contributed by atoms with E-state index in [1.54, 1.807) is 13.8 Å². The first-order valence-electron chi connectivity index (χ1n) is 14.5. The first-order valence-corrected chi connectivity index (χ1v) is 14.5. The number of ketones is 1. The topological polar surface area (TPSA) is 143 Å². The third-order valence-electron chi connectivity index (χ3n) is 12.6. The number of Topliss-reactive ketones (excluding diaryl/α,β-unsaturated/α-hetero) is 1. The number of carbonyl (C=O) groups excluding carboxylic acids is 3. The molecule has 0 bridgehead atoms. The lowest BCUT2D eigenvalue weighted by molar-refractivity contribution is -0.297. The van der Waals surface area contributed by atoms with Gasteiger partial charge in [0, 0.05) is 25.3 Å². The molecule has 1 spiro atoms. The monoisotopic (exact) mass is 546 g/mol. The van der Waals surface area contributed by atoms with Crippen molar-refractivity contribution in [3.05, 3.63) is 11.1 Å². The Balaban J connectivity index is 1.44. The van der Waals surface area contributed by atoms with Gasteiger partial charge in [-0.05, 0) is 84.5 Å². The number of rotatable bonds is 4. The summed E-state index contributed by atoms with van der Waals surface area (Å²) < 4.78 is 17.6. The molecule has 216 valence electrons. The van der Waals surface area contributed by atoms with E-state index < -0.39 is 57.2 Å². The molecule has 3 N–H and O–H groups in total. The van der Waals surface area contributed by atoms with E-state index in [1.807, 2.05) is 6.92 Å². The van der Waals surface area contributed by atoms with Gasteiger partial charge in [-0.15, -0.1) is 0 Å². The van der Waals surface area contributed by atoms with Crippen LogP contribution >= 0.6 is 0 Å². The predicted octanol–water partition coefficient (Wildman–Crippen LogP) is 2.52. The molecular weight excluding hydrogens is 504 g/mol. The summed E-state index contributed by atoms with van der Waals surface area (Å²) in [5.41, 5.74) is -6.84. The Labute approximate surface area is 229 Å². The van der Waals surface area contributed by atoms with Gasteiger partial charge >= 0.3 is 11.9 Å². The van der Waals surface area contributed by atoms with Gasteiger partial charge in [-0.25, -0.2) is 4.79 Å². The van der Waals surface area contributed by atoms with E-state index in [9.17, 15) is 29.7 Å². The second-order valence-electron chi connectivity index (χ2n) is 13.8. The van der Waals surface area contributed by atoms with Crippen molar-refractivity contribution >= 4 is 17.7 Å². The molecule has 2 heterocycles. The quantitative estimate of drug-likeness (QED) is 0.358. The maximum absolute atomic E-state index is 13.5. The summed E-state index contributed by atoms with van der Waals surface area (Å²) >= 11 is 0. The van der Waals surface area contributed by atoms with Gasteiger partial charge in [-0.1, -0.05) is 5.57 Å². The van der Waals surface area contributed by atoms with Gasteiger partial charge in [0.25, 0.3) is 0 Å². The molecule has 4 aliphatic carbocycles. The molecule has 6 aliphatic rings. The van der Waals surface area contributed by atoms with E-state index in [0.29, 0.717) is 24.8 Å². The van der Waals surface area contributed by atoms with Gasteiger partial charge < -0.3 is 29.5 Å². The van der Waals surface area contributed by atoms with Crippen LogP contribution in [0.1, 0.15) is 92.4 Å². The summed E-state index contributed by atoms with van der Waals surface area (Å²) in [6.07, 6.45) is 2.65. The zero-order valence-corrected chi connectivity index (χ0v) is 23.7. The number of hydrogen-bond acceptors (Lipinski definition) is 9. The minimum atomic E-state index is -1.96. The predicted molar refractivity (Wildman–Crippen MR) is 137 cm³/mol. The second-order valence-corrected chi connectivity index (χ2v) is 13.8. The normalized spacial score (nSPS) is 50.2. The molecule has 5 fully saturated rings. The lowest BCUT2D eigenvalue weighted by Gasteiger charge is -2.64. The van der Waals surface area contributed by atoms with Crippen LogP contribution in [0.25, 0.3) is 0 Å². The van der Waals surface area contributed by atoms with Crippen molar-refractivity contribution in [2.24, 2.45) is 22.7 Å². The standard InChI is InChI=1S/C30H42O9/c1-16-13-22(38-24(33)17(16)2)26(5,34)30(36)12-11-28(35)20-14-23-29(39-23)9-6-7-21(32)25(29,4)19(20)8-10-27(28,30)15-37-18(3)31/h19-20,22-23,34-36H,6-15H2,1-5H3/t19-,20+,22?,23+,25-,26-,27+,28+,29+,30+/m0/s1. The molecule has 1 saturated heterocycles. The number of carbonyl (C=O) groups is 3. The highest BCUT2D eigenvalue weighted by Gasteiger charge is 2.84. The first-order chi connectivity index (χ1) is 18.1. The molecule has 9 heteroatoms. The number of cyclic esters (lactones) is 1. The number of aliphatic hydroxyl groups is 3. The first kappa shape index (κ1) is 27.4. The van der Waals surface area contributed by atoms with E-state index in [2.05, 4.69) is 0 Å². The van der Waals surface area contributed by atoms with Crippen molar-refractivity contribution in [2.75, 3.05) is 6.61 Å². The average Bonchev–Trinajstić information content (AvgIpc) is 3.52. The van der Waals surface area contributed by atoms with Crippen LogP contribution in [-0.2, 0) is 28.6 Å². The fourth-order valence-electron chi connectivity index (χ4n) is 10.0. The third kappa shape index (κ3) is 3.08. The second kappa shape index (κ2) is 8.14. The molecule has 1 unspecified atom stereocenters. The van der Waals surface area contributed by atoms with E-state index in [4.69, 9.17) is 14.2 Å². The van der Waals surface area contributed by atoms with E-state index >= 15 is 0 Å². The molecule has 0 amide bonds. The largest absolute Gasteiger partial charge is 0.465 e. The summed E-state index contributed by atoms with van der Waals surface area (Å²) in [5.74, 6) is -1.47. The minimum absolute atomic E-state index is 0.0259. The molecule has 10 atom stereocenters. The lowest BCUT2D eigenvalue weighted by atomic mass is 9.41. The highest BCUT2D eigenvalue weighted by Crippen LogP contribution is 2.75. The van der Waals surface area contributed by atoms with Gasteiger partial charge in [0.15, 0.2) is 0 Å². The zero-order chi connectivity index (χ0) is 28.4. The molecule has 39 heavy (non-hydrogen) atoms. The molecular formula is C30H42O9. The fourth-order valence-corrected chi connectivity index (χ4v) is 10.0. The van der Waals surface area contributed by atoms with Crippen LogP contribution in [0.2, 0.25) is 0 Å². The molecule has 0 aromatic carbocycles. The number of hydrogen-bond donors (Lipinski definition) is 3. The SMILES string of the molecule is CC(=O)OC[C@]12CC[C@H]3[C@@H](C[C@H]4O[C@]45CCCC(=O)[C@]35C)[C@]1(O)CC[C@@]2(O)[C@@](C)(O)C1CC(C)=C(C)C(=O)O1. The van der Waals surface area contributed by atoms with Crippen LogP contribution in [0.15, 0.2) is 11.1 Å². The number of esters is 2.